The predicted octanol–water partition coefficient (Wildman–Crippen LogP) is 3.52. The molecule has 0 saturated heterocycles. The molecule has 0 aliphatic rings. The van der Waals surface area contributed by atoms with Crippen LogP contribution in [0.1, 0.15) is 51.6 Å². The van der Waals surface area contributed by atoms with E-state index in [1.165, 1.54) is 18.4 Å². The van der Waals surface area contributed by atoms with E-state index in [0.29, 0.717) is 18.5 Å². The van der Waals surface area contributed by atoms with E-state index in [-0.39, 0.29) is 6.10 Å². The van der Waals surface area contributed by atoms with Crippen molar-refractivity contribution in [2.24, 2.45) is 5.92 Å². The molecule has 0 fully saturated rings. The number of benzene rings is 1. The standard InChI is InChI=1S/C16H27NO/c1-4-5-11-15(14-9-7-6-8-10-14)17-12-16(18)13(2)3/h6-10,13,15-18H,4-5,11-12H2,1-3H3. The average molecular weight is 249 g/mol. The molecule has 2 N–H and O–H groups in total. The molecule has 2 atom stereocenters. The van der Waals surface area contributed by atoms with Crippen LogP contribution in [0.3, 0.4) is 0 Å². The minimum absolute atomic E-state index is 0.266. The van der Waals surface area contributed by atoms with Crippen LogP contribution in [-0.4, -0.2) is 17.8 Å². The van der Waals surface area contributed by atoms with E-state index in [1.54, 1.807) is 0 Å². The number of rotatable bonds is 8. The van der Waals surface area contributed by atoms with Crippen molar-refractivity contribution in [2.45, 2.75) is 52.2 Å². The Morgan fingerprint density at radius 2 is 1.83 bits per heavy atom. The Kier molecular flexibility index (Phi) is 6.99. The van der Waals surface area contributed by atoms with Crippen LogP contribution in [0.25, 0.3) is 0 Å². The normalized spacial score (nSPS) is 14.7. The van der Waals surface area contributed by atoms with E-state index in [9.17, 15) is 5.11 Å². The number of hydrogen-bond donors (Lipinski definition) is 2. The summed E-state index contributed by atoms with van der Waals surface area (Å²) in [7, 11) is 0. The zero-order valence-corrected chi connectivity index (χ0v) is 11.9. The van der Waals surface area contributed by atoms with Crippen LogP contribution < -0.4 is 5.32 Å². The van der Waals surface area contributed by atoms with Gasteiger partial charge >= 0.3 is 0 Å². The third-order valence-electron chi connectivity index (χ3n) is 3.39. The summed E-state index contributed by atoms with van der Waals surface area (Å²) in [5, 5.41) is 13.4. The molecule has 0 amide bonds. The Labute approximate surface area is 111 Å². The van der Waals surface area contributed by atoms with Gasteiger partial charge in [-0.3, -0.25) is 0 Å². The van der Waals surface area contributed by atoms with Gasteiger partial charge in [0, 0.05) is 12.6 Å². The molecule has 2 heteroatoms. The summed E-state index contributed by atoms with van der Waals surface area (Å²) < 4.78 is 0. The van der Waals surface area contributed by atoms with Crippen molar-refractivity contribution < 1.29 is 5.11 Å². The summed E-state index contributed by atoms with van der Waals surface area (Å²) in [6.45, 7) is 6.98. The van der Waals surface area contributed by atoms with Crippen molar-refractivity contribution >= 4 is 0 Å². The van der Waals surface area contributed by atoms with Gasteiger partial charge in [0.05, 0.1) is 6.10 Å². The lowest BCUT2D eigenvalue weighted by molar-refractivity contribution is 0.119. The fraction of sp³-hybridized carbons (Fsp3) is 0.625. The number of unbranched alkanes of at least 4 members (excludes halogenated alkanes) is 1. The highest BCUT2D eigenvalue weighted by molar-refractivity contribution is 5.18. The minimum Gasteiger partial charge on any atom is -0.392 e. The summed E-state index contributed by atoms with van der Waals surface area (Å²) in [4.78, 5) is 0. The maximum Gasteiger partial charge on any atom is 0.0687 e. The molecule has 0 bridgehead atoms. The smallest absolute Gasteiger partial charge is 0.0687 e. The van der Waals surface area contributed by atoms with Crippen molar-refractivity contribution in [3.05, 3.63) is 35.9 Å². The summed E-state index contributed by atoms with van der Waals surface area (Å²) in [6, 6.07) is 10.9. The molecule has 0 radical (unpaired) electrons. The number of hydrogen-bond acceptors (Lipinski definition) is 2. The molecule has 1 aromatic carbocycles. The quantitative estimate of drug-likeness (QED) is 0.739. The van der Waals surface area contributed by atoms with Crippen LogP contribution in [0.2, 0.25) is 0 Å². The molecule has 0 aliphatic heterocycles. The Morgan fingerprint density at radius 3 is 2.39 bits per heavy atom. The topological polar surface area (TPSA) is 32.3 Å². The van der Waals surface area contributed by atoms with Crippen LogP contribution in [0.15, 0.2) is 30.3 Å². The second kappa shape index (κ2) is 8.28. The minimum atomic E-state index is -0.266. The first kappa shape index (κ1) is 15.2. The van der Waals surface area contributed by atoms with Crippen LogP contribution in [0.4, 0.5) is 0 Å². The van der Waals surface area contributed by atoms with E-state index in [2.05, 4.69) is 50.4 Å². The SMILES string of the molecule is CCCCC(NCC(O)C(C)C)c1ccccc1. The molecule has 2 nitrogen and oxygen atoms in total. The van der Waals surface area contributed by atoms with Crippen molar-refractivity contribution in [3.63, 3.8) is 0 Å². The maximum absolute atomic E-state index is 9.89. The van der Waals surface area contributed by atoms with Gasteiger partial charge in [-0.05, 0) is 17.9 Å². The summed E-state index contributed by atoms with van der Waals surface area (Å²) in [6.07, 6.45) is 3.28. The Hall–Kier alpha value is -0.860. The molecular weight excluding hydrogens is 222 g/mol. The molecule has 1 aromatic rings. The maximum atomic E-state index is 9.89. The van der Waals surface area contributed by atoms with Crippen molar-refractivity contribution in [2.75, 3.05) is 6.54 Å². The van der Waals surface area contributed by atoms with Crippen molar-refractivity contribution in [1.29, 1.82) is 0 Å². The molecule has 0 heterocycles. The molecule has 0 aliphatic carbocycles. The fourth-order valence-corrected chi connectivity index (χ4v) is 1.98. The van der Waals surface area contributed by atoms with Gasteiger partial charge in [0.15, 0.2) is 0 Å². The average Bonchev–Trinajstić information content (AvgIpc) is 2.39. The molecule has 18 heavy (non-hydrogen) atoms. The molecule has 0 saturated carbocycles. The first-order valence-corrected chi connectivity index (χ1v) is 7.11. The largest absolute Gasteiger partial charge is 0.392 e. The van der Waals surface area contributed by atoms with Gasteiger partial charge < -0.3 is 10.4 Å². The lowest BCUT2D eigenvalue weighted by Gasteiger charge is -2.22. The monoisotopic (exact) mass is 249 g/mol. The molecule has 1 rings (SSSR count). The van der Waals surface area contributed by atoms with Gasteiger partial charge in [-0.25, -0.2) is 0 Å². The number of nitrogens with one attached hydrogen (secondary N) is 1. The van der Waals surface area contributed by atoms with E-state index in [1.807, 2.05) is 6.07 Å². The second-order valence-electron chi connectivity index (χ2n) is 5.33. The summed E-state index contributed by atoms with van der Waals surface area (Å²) >= 11 is 0. The van der Waals surface area contributed by atoms with E-state index in [0.717, 1.165) is 6.42 Å². The first-order chi connectivity index (χ1) is 8.65. The molecular formula is C16H27NO. The summed E-state index contributed by atoms with van der Waals surface area (Å²) in [5.41, 5.74) is 1.32. The zero-order valence-electron chi connectivity index (χ0n) is 11.9. The Morgan fingerprint density at radius 1 is 1.17 bits per heavy atom. The lowest BCUT2D eigenvalue weighted by atomic mass is 10.00. The van der Waals surface area contributed by atoms with Gasteiger partial charge in [0.2, 0.25) is 0 Å². The highest BCUT2D eigenvalue weighted by atomic mass is 16.3. The Bertz CT molecular complexity index is 310. The van der Waals surface area contributed by atoms with Crippen molar-refractivity contribution in [3.8, 4) is 0 Å². The summed E-state index contributed by atoms with van der Waals surface area (Å²) in [5.74, 6) is 0.306. The van der Waals surface area contributed by atoms with E-state index in [4.69, 9.17) is 0 Å². The van der Waals surface area contributed by atoms with Crippen LogP contribution in [-0.2, 0) is 0 Å². The van der Waals surface area contributed by atoms with E-state index >= 15 is 0 Å². The van der Waals surface area contributed by atoms with Gasteiger partial charge in [0.25, 0.3) is 0 Å². The predicted molar refractivity (Wildman–Crippen MR) is 77.6 cm³/mol. The van der Waals surface area contributed by atoms with Gasteiger partial charge in [-0.1, -0.05) is 63.9 Å². The highest BCUT2D eigenvalue weighted by Crippen LogP contribution is 2.19. The van der Waals surface area contributed by atoms with Crippen molar-refractivity contribution in [1.82, 2.24) is 5.32 Å². The number of aliphatic hydroxyl groups excluding tert-OH is 1. The van der Waals surface area contributed by atoms with Gasteiger partial charge in [-0.2, -0.15) is 0 Å². The third-order valence-corrected chi connectivity index (χ3v) is 3.39. The Balaban J connectivity index is 2.56. The first-order valence-electron chi connectivity index (χ1n) is 7.11. The molecule has 102 valence electrons. The zero-order chi connectivity index (χ0) is 13.4. The van der Waals surface area contributed by atoms with Crippen LogP contribution >= 0.6 is 0 Å². The van der Waals surface area contributed by atoms with Gasteiger partial charge in [0.1, 0.15) is 0 Å². The third kappa shape index (κ3) is 5.19. The molecule has 0 spiro atoms. The highest BCUT2D eigenvalue weighted by Gasteiger charge is 2.14. The molecule has 2 unspecified atom stereocenters. The lowest BCUT2D eigenvalue weighted by Crippen LogP contribution is -2.33. The molecule has 0 aromatic heterocycles. The number of aliphatic hydroxyl groups is 1. The van der Waals surface area contributed by atoms with E-state index < -0.39 is 0 Å². The van der Waals surface area contributed by atoms with Crippen LogP contribution in [0, 0.1) is 5.92 Å². The van der Waals surface area contributed by atoms with Crippen LogP contribution in [0.5, 0.6) is 0 Å². The van der Waals surface area contributed by atoms with Gasteiger partial charge in [-0.15, -0.1) is 0 Å². The fourth-order valence-electron chi connectivity index (χ4n) is 1.98. The second-order valence-corrected chi connectivity index (χ2v) is 5.33.